The van der Waals surface area contributed by atoms with Gasteiger partial charge in [0, 0.05) is 18.9 Å². The number of carbonyl (C=O) groups excluding carboxylic acids is 1. The number of hydrogen-bond acceptors (Lipinski definition) is 5. The number of likely N-dealkylation sites (tertiary alicyclic amines) is 1. The van der Waals surface area contributed by atoms with Gasteiger partial charge < -0.3 is 9.64 Å². The Kier molecular flexibility index (Phi) is 6.29. The molecule has 1 aliphatic rings. The van der Waals surface area contributed by atoms with Crippen molar-refractivity contribution >= 4 is 16.0 Å². The molecule has 1 saturated heterocycles. The molecule has 1 aliphatic heterocycles. The molecule has 3 atom stereocenters. The Morgan fingerprint density at radius 1 is 1.03 bits per heavy atom. The molecule has 0 spiro atoms. The van der Waals surface area contributed by atoms with Gasteiger partial charge in [-0.05, 0) is 50.6 Å². The Morgan fingerprint density at radius 3 is 2.24 bits per heavy atom. The third kappa shape index (κ3) is 4.79. The normalized spacial score (nSPS) is 19.2. The Labute approximate surface area is 172 Å². The van der Waals surface area contributed by atoms with Crippen molar-refractivity contribution in [1.29, 1.82) is 0 Å². The van der Waals surface area contributed by atoms with E-state index in [0.717, 1.165) is 16.9 Å². The molecule has 7 heteroatoms. The van der Waals surface area contributed by atoms with Crippen LogP contribution in [0.3, 0.4) is 0 Å². The number of benzene rings is 2. The second-order valence-electron chi connectivity index (χ2n) is 7.53. The zero-order valence-electron chi connectivity index (χ0n) is 17.2. The number of rotatable bonds is 7. The average Bonchev–Trinajstić information content (AvgIpc) is 3.09. The van der Waals surface area contributed by atoms with E-state index in [0.29, 0.717) is 6.54 Å². The summed E-state index contributed by atoms with van der Waals surface area (Å²) in [6.45, 7) is 6.03. The van der Waals surface area contributed by atoms with E-state index in [1.165, 1.54) is 12.1 Å². The largest absolute Gasteiger partial charge is 0.497 e. The van der Waals surface area contributed by atoms with E-state index in [1.807, 2.05) is 38.1 Å². The van der Waals surface area contributed by atoms with E-state index in [9.17, 15) is 13.2 Å². The van der Waals surface area contributed by atoms with Crippen molar-refractivity contribution in [3.63, 3.8) is 0 Å². The molecule has 0 radical (unpaired) electrons. The molecule has 3 rings (SSSR count). The number of ether oxygens (including phenoxy) is 1. The summed E-state index contributed by atoms with van der Waals surface area (Å²) in [5.41, 5.74) is 1.97. The minimum atomic E-state index is -3.87. The highest BCUT2D eigenvalue weighted by atomic mass is 32.2. The number of nitrogens with zero attached hydrogens (tertiary/aromatic N) is 1. The first-order chi connectivity index (χ1) is 13.7. The van der Waals surface area contributed by atoms with Crippen molar-refractivity contribution in [2.75, 3.05) is 13.7 Å². The van der Waals surface area contributed by atoms with Crippen LogP contribution >= 0.6 is 0 Å². The number of carbonyl (C=O) groups is 1. The SMILES string of the molecule is COc1ccc([C@H](C)N2CC([C@H](C)OS(=O)(=O)c3ccc(C)cc3)CC2=O)cc1. The molecule has 2 aromatic carbocycles. The molecule has 1 unspecified atom stereocenters. The van der Waals surface area contributed by atoms with Crippen LogP contribution in [0.4, 0.5) is 0 Å². The van der Waals surface area contributed by atoms with Crippen LogP contribution in [0.25, 0.3) is 0 Å². The molecule has 1 amide bonds. The van der Waals surface area contributed by atoms with Crippen LogP contribution < -0.4 is 4.74 Å². The topological polar surface area (TPSA) is 72.9 Å². The summed E-state index contributed by atoms with van der Waals surface area (Å²) >= 11 is 0. The summed E-state index contributed by atoms with van der Waals surface area (Å²) in [6, 6.07) is 14.0. The van der Waals surface area contributed by atoms with Gasteiger partial charge in [0.2, 0.25) is 5.91 Å². The van der Waals surface area contributed by atoms with Gasteiger partial charge in [0.25, 0.3) is 10.1 Å². The van der Waals surface area contributed by atoms with Crippen LogP contribution in [0.1, 0.15) is 37.4 Å². The van der Waals surface area contributed by atoms with Crippen LogP contribution in [0.15, 0.2) is 53.4 Å². The summed E-state index contributed by atoms with van der Waals surface area (Å²) in [6.07, 6.45) is -0.330. The summed E-state index contributed by atoms with van der Waals surface area (Å²) < 4.78 is 35.7. The second-order valence-corrected chi connectivity index (χ2v) is 9.10. The highest BCUT2D eigenvalue weighted by molar-refractivity contribution is 7.86. The van der Waals surface area contributed by atoms with Crippen LogP contribution in [0.2, 0.25) is 0 Å². The van der Waals surface area contributed by atoms with E-state index in [-0.39, 0.29) is 29.2 Å². The van der Waals surface area contributed by atoms with E-state index in [1.54, 1.807) is 31.1 Å². The fraction of sp³-hybridized carbons (Fsp3) is 0.409. The Balaban J connectivity index is 1.67. The van der Waals surface area contributed by atoms with Crippen molar-refractivity contribution in [3.05, 3.63) is 59.7 Å². The van der Waals surface area contributed by atoms with Crippen LogP contribution in [-0.2, 0) is 19.1 Å². The highest BCUT2D eigenvalue weighted by Crippen LogP contribution is 2.32. The summed E-state index contributed by atoms with van der Waals surface area (Å²) in [5.74, 6) is 0.569. The van der Waals surface area contributed by atoms with E-state index < -0.39 is 16.2 Å². The lowest BCUT2D eigenvalue weighted by atomic mass is 10.0. The molecule has 2 aromatic rings. The summed E-state index contributed by atoms with van der Waals surface area (Å²) in [5, 5.41) is 0. The molecular weight excluding hydrogens is 390 g/mol. The van der Waals surface area contributed by atoms with E-state index in [4.69, 9.17) is 8.92 Å². The van der Waals surface area contributed by atoms with Crippen LogP contribution in [-0.4, -0.2) is 39.0 Å². The molecule has 29 heavy (non-hydrogen) atoms. The van der Waals surface area contributed by atoms with Gasteiger partial charge in [-0.2, -0.15) is 8.42 Å². The van der Waals surface area contributed by atoms with Gasteiger partial charge >= 0.3 is 0 Å². The third-order valence-corrected chi connectivity index (χ3v) is 6.91. The molecule has 0 aromatic heterocycles. The van der Waals surface area contributed by atoms with Crippen molar-refractivity contribution in [2.45, 2.75) is 44.2 Å². The lowest BCUT2D eigenvalue weighted by Crippen LogP contribution is -2.31. The zero-order chi connectivity index (χ0) is 21.2. The quantitative estimate of drug-likeness (QED) is 0.642. The Morgan fingerprint density at radius 2 is 1.66 bits per heavy atom. The molecule has 0 saturated carbocycles. The Hall–Kier alpha value is -2.38. The minimum absolute atomic E-state index is 0.00139. The molecule has 0 N–H and O–H groups in total. The van der Waals surface area contributed by atoms with Crippen LogP contribution in [0.5, 0.6) is 5.75 Å². The molecule has 0 bridgehead atoms. The lowest BCUT2D eigenvalue weighted by molar-refractivity contribution is -0.129. The van der Waals surface area contributed by atoms with Gasteiger partial charge in [0.1, 0.15) is 5.75 Å². The van der Waals surface area contributed by atoms with Crippen molar-refractivity contribution in [1.82, 2.24) is 4.90 Å². The van der Waals surface area contributed by atoms with Crippen LogP contribution in [0, 0.1) is 12.8 Å². The number of hydrogen-bond donors (Lipinski definition) is 0. The average molecular weight is 418 g/mol. The second kappa shape index (κ2) is 8.55. The maximum Gasteiger partial charge on any atom is 0.297 e. The molecule has 1 fully saturated rings. The monoisotopic (exact) mass is 417 g/mol. The Bertz CT molecular complexity index is 954. The summed E-state index contributed by atoms with van der Waals surface area (Å²) in [7, 11) is -2.26. The first-order valence-electron chi connectivity index (χ1n) is 9.64. The van der Waals surface area contributed by atoms with Gasteiger partial charge in [0.15, 0.2) is 0 Å². The van der Waals surface area contributed by atoms with Gasteiger partial charge in [-0.15, -0.1) is 0 Å². The van der Waals surface area contributed by atoms with E-state index in [2.05, 4.69) is 0 Å². The van der Waals surface area contributed by atoms with Gasteiger partial charge in [0.05, 0.1) is 24.2 Å². The van der Waals surface area contributed by atoms with Crippen molar-refractivity contribution in [3.8, 4) is 5.75 Å². The third-order valence-electron chi connectivity index (χ3n) is 5.51. The smallest absolute Gasteiger partial charge is 0.297 e. The van der Waals surface area contributed by atoms with Crippen molar-refractivity contribution < 1.29 is 22.1 Å². The fourth-order valence-corrected chi connectivity index (χ4v) is 4.69. The molecule has 6 nitrogen and oxygen atoms in total. The number of amides is 1. The standard InChI is InChI=1S/C22H27NO5S/c1-15-5-11-21(12-6-15)29(25,26)28-17(3)19-13-22(24)23(14-19)16(2)18-7-9-20(27-4)10-8-18/h5-12,16-17,19H,13-14H2,1-4H3/t16-,17-,19?/m0/s1. The zero-order valence-corrected chi connectivity index (χ0v) is 18.0. The first kappa shape index (κ1) is 21.3. The predicted molar refractivity (Wildman–Crippen MR) is 110 cm³/mol. The minimum Gasteiger partial charge on any atom is -0.497 e. The fourth-order valence-electron chi connectivity index (χ4n) is 3.55. The van der Waals surface area contributed by atoms with E-state index >= 15 is 0 Å². The molecule has 156 valence electrons. The summed E-state index contributed by atoms with van der Waals surface area (Å²) in [4.78, 5) is 14.5. The predicted octanol–water partition coefficient (Wildman–Crippen LogP) is 3.71. The van der Waals surface area contributed by atoms with Gasteiger partial charge in [-0.3, -0.25) is 8.98 Å². The maximum absolute atomic E-state index is 12.6. The molecular formula is C22H27NO5S. The lowest BCUT2D eigenvalue weighted by Gasteiger charge is -2.26. The highest BCUT2D eigenvalue weighted by Gasteiger charge is 2.38. The van der Waals surface area contributed by atoms with Crippen molar-refractivity contribution in [2.24, 2.45) is 5.92 Å². The molecule has 1 heterocycles. The number of methoxy groups -OCH3 is 1. The number of aryl methyl sites for hydroxylation is 1. The van der Waals surface area contributed by atoms with Gasteiger partial charge in [-0.1, -0.05) is 29.8 Å². The van der Waals surface area contributed by atoms with Gasteiger partial charge in [-0.25, -0.2) is 0 Å². The molecule has 0 aliphatic carbocycles. The first-order valence-corrected chi connectivity index (χ1v) is 11.1. The maximum atomic E-state index is 12.6.